The molecule has 0 bridgehead atoms. The van der Waals surface area contributed by atoms with Crippen LogP contribution in [0.1, 0.15) is 6.92 Å². The predicted octanol–water partition coefficient (Wildman–Crippen LogP) is -0.263. The van der Waals surface area contributed by atoms with Crippen molar-refractivity contribution >= 4 is 31.9 Å². The Kier molecular flexibility index (Phi) is 5.50. The van der Waals surface area contributed by atoms with Crippen LogP contribution >= 0.6 is 15.9 Å². The SMILES string of the molecule is CCNC(=O)CN(C)S(=O)(=O)CBr. The van der Waals surface area contributed by atoms with Crippen LogP contribution in [-0.4, -0.2) is 43.4 Å². The summed E-state index contributed by atoms with van der Waals surface area (Å²) in [5.74, 6) is -0.297. The van der Waals surface area contributed by atoms with E-state index in [0.717, 1.165) is 4.31 Å². The summed E-state index contributed by atoms with van der Waals surface area (Å²) < 4.78 is 23.1. The Balaban J connectivity index is 4.16. The number of hydrogen-bond acceptors (Lipinski definition) is 3. The number of hydrogen-bond donors (Lipinski definition) is 1. The minimum Gasteiger partial charge on any atom is -0.355 e. The molecule has 0 aliphatic heterocycles. The number of rotatable bonds is 5. The maximum atomic E-state index is 11.1. The van der Waals surface area contributed by atoms with Crippen molar-refractivity contribution in [2.24, 2.45) is 0 Å². The number of amides is 1. The molecule has 0 spiro atoms. The number of likely N-dealkylation sites (N-methyl/N-ethyl adjacent to an activating group) is 2. The first-order valence-electron chi connectivity index (χ1n) is 3.70. The van der Waals surface area contributed by atoms with Gasteiger partial charge in [0.1, 0.15) is 4.66 Å². The van der Waals surface area contributed by atoms with E-state index < -0.39 is 10.0 Å². The highest BCUT2D eigenvalue weighted by Gasteiger charge is 2.18. The molecule has 0 atom stereocenters. The fourth-order valence-electron chi connectivity index (χ4n) is 0.637. The van der Waals surface area contributed by atoms with Crippen LogP contribution in [0.25, 0.3) is 0 Å². The van der Waals surface area contributed by atoms with E-state index in [9.17, 15) is 13.2 Å². The van der Waals surface area contributed by atoms with Crippen molar-refractivity contribution in [2.75, 3.05) is 24.8 Å². The Hall–Kier alpha value is -0.140. The second kappa shape index (κ2) is 5.56. The van der Waals surface area contributed by atoms with Gasteiger partial charge in [-0.3, -0.25) is 4.79 Å². The number of nitrogens with zero attached hydrogens (tertiary/aromatic N) is 1. The molecular formula is C6H13BrN2O3S. The molecule has 0 saturated carbocycles. The van der Waals surface area contributed by atoms with Crippen LogP contribution in [-0.2, 0) is 14.8 Å². The lowest BCUT2D eigenvalue weighted by atomic mass is 10.5. The van der Waals surface area contributed by atoms with Gasteiger partial charge >= 0.3 is 0 Å². The number of carbonyl (C=O) groups is 1. The summed E-state index contributed by atoms with van der Waals surface area (Å²) in [5, 5.41) is 2.51. The molecule has 0 aliphatic carbocycles. The zero-order valence-corrected chi connectivity index (χ0v) is 9.98. The van der Waals surface area contributed by atoms with Crippen molar-refractivity contribution < 1.29 is 13.2 Å². The highest BCUT2D eigenvalue weighted by Crippen LogP contribution is 2.00. The lowest BCUT2D eigenvalue weighted by Gasteiger charge is -2.14. The third-order valence-corrected chi connectivity index (χ3v) is 4.44. The van der Waals surface area contributed by atoms with Crippen molar-refractivity contribution in [2.45, 2.75) is 6.92 Å². The van der Waals surface area contributed by atoms with Gasteiger partial charge in [0.15, 0.2) is 0 Å². The van der Waals surface area contributed by atoms with Crippen LogP contribution in [0.15, 0.2) is 0 Å². The van der Waals surface area contributed by atoms with Gasteiger partial charge in [-0.25, -0.2) is 8.42 Å². The Morgan fingerprint density at radius 2 is 2.08 bits per heavy atom. The minimum absolute atomic E-state index is 0.137. The number of alkyl halides is 1. The fourth-order valence-corrected chi connectivity index (χ4v) is 2.17. The van der Waals surface area contributed by atoms with Crippen LogP contribution < -0.4 is 5.32 Å². The second-order valence-corrected chi connectivity index (χ2v) is 5.81. The summed E-state index contributed by atoms with van der Waals surface area (Å²) >= 11 is 2.84. The van der Waals surface area contributed by atoms with Crippen molar-refractivity contribution in [1.29, 1.82) is 0 Å². The van der Waals surface area contributed by atoms with E-state index in [1.54, 1.807) is 6.92 Å². The Bertz CT molecular complexity index is 265. The maximum absolute atomic E-state index is 11.1. The summed E-state index contributed by atoms with van der Waals surface area (Å²) in [6.07, 6.45) is 0. The number of carbonyl (C=O) groups excluding carboxylic acids is 1. The molecule has 78 valence electrons. The standard InChI is InChI=1S/C6H13BrN2O3S/c1-3-8-6(10)4-9(2)13(11,12)5-7/h3-5H2,1-2H3,(H,8,10). The molecule has 0 heterocycles. The van der Waals surface area contributed by atoms with E-state index in [2.05, 4.69) is 21.2 Å². The van der Waals surface area contributed by atoms with E-state index in [-0.39, 0.29) is 17.1 Å². The molecule has 0 aliphatic rings. The summed E-state index contributed by atoms with van der Waals surface area (Å²) in [6, 6.07) is 0. The van der Waals surface area contributed by atoms with Crippen molar-refractivity contribution in [3.05, 3.63) is 0 Å². The first-order chi connectivity index (χ1) is 5.94. The summed E-state index contributed by atoms with van der Waals surface area (Å²) in [4.78, 5) is 11.0. The van der Waals surface area contributed by atoms with Crippen molar-refractivity contribution in [3.63, 3.8) is 0 Å². The van der Waals surface area contributed by atoms with E-state index in [1.807, 2.05) is 0 Å². The smallest absolute Gasteiger partial charge is 0.235 e. The largest absolute Gasteiger partial charge is 0.355 e. The van der Waals surface area contributed by atoms with Crippen LogP contribution in [0.4, 0.5) is 0 Å². The lowest BCUT2D eigenvalue weighted by Crippen LogP contribution is -2.38. The van der Waals surface area contributed by atoms with Gasteiger partial charge in [0.05, 0.1) is 6.54 Å². The summed E-state index contributed by atoms with van der Waals surface area (Å²) in [7, 11) is -1.96. The Morgan fingerprint density at radius 3 is 2.46 bits per heavy atom. The highest BCUT2D eigenvalue weighted by atomic mass is 79.9. The van der Waals surface area contributed by atoms with Gasteiger partial charge in [-0.05, 0) is 6.92 Å². The molecular weight excluding hydrogens is 260 g/mol. The number of nitrogens with one attached hydrogen (secondary N) is 1. The van der Waals surface area contributed by atoms with Crippen LogP contribution in [0.2, 0.25) is 0 Å². The molecule has 7 heteroatoms. The van der Waals surface area contributed by atoms with Gasteiger partial charge in [0.2, 0.25) is 15.9 Å². The number of sulfonamides is 1. The highest BCUT2D eigenvalue weighted by molar-refractivity contribution is 9.10. The van der Waals surface area contributed by atoms with Gasteiger partial charge in [0.25, 0.3) is 0 Å². The van der Waals surface area contributed by atoms with E-state index in [4.69, 9.17) is 0 Å². The zero-order chi connectivity index (χ0) is 10.5. The third kappa shape index (κ3) is 4.58. The Labute approximate surface area is 86.7 Å². The topological polar surface area (TPSA) is 66.5 Å². The van der Waals surface area contributed by atoms with E-state index >= 15 is 0 Å². The summed E-state index contributed by atoms with van der Waals surface area (Å²) in [5.41, 5.74) is 0. The molecule has 0 aromatic rings. The fraction of sp³-hybridized carbons (Fsp3) is 0.833. The molecule has 0 aromatic heterocycles. The van der Waals surface area contributed by atoms with Crippen LogP contribution in [0.5, 0.6) is 0 Å². The molecule has 5 nitrogen and oxygen atoms in total. The first kappa shape index (κ1) is 12.9. The van der Waals surface area contributed by atoms with Crippen molar-refractivity contribution in [3.8, 4) is 0 Å². The van der Waals surface area contributed by atoms with Crippen molar-refractivity contribution in [1.82, 2.24) is 9.62 Å². The van der Waals surface area contributed by atoms with Gasteiger partial charge in [0, 0.05) is 13.6 Å². The van der Waals surface area contributed by atoms with Gasteiger partial charge in [-0.1, -0.05) is 15.9 Å². The molecule has 0 aromatic carbocycles. The average Bonchev–Trinajstić information content (AvgIpc) is 2.04. The molecule has 0 rings (SSSR count). The molecule has 0 fully saturated rings. The number of halogens is 1. The average molecular weight is 273 g/mol. The monoisotopic (exact) mass is 272 g/mol. The van der Waals surface area contributed by atoms with Gasteiger partial charge in [-0.2, -0.15) is 4.31 Å². The van der Waals surface area contributed by atoms with Gasteiger partial charge < -0.3 is 5.32 Å². The van der Waals surface area contributed by atoms with E-state index in [1.165, 1.54) is 7.05 Å². The second-order valence-electron chi connectivity index (χ2n) is 2.43. The molecule has 0 unspecified atom stereocenters. The van der Waals surface area contributed by atoms with Gasteiger partial charge in [-0.15, -0.1) is 0 Å². The normalized spacial score (nSPS) is 11.7. The lowest BCUT2D eigenvalue weighted by molar-refractivity contribution is -0.121. The Morgan fingerprint density at radius 1 is 1.54 bits per heavy atom. The minimum atomic E-state index is -3.32. The third-order valence-electron chi connectivity index (χ3n) is 1.35. The molecule has 0 saturated heterocycles. The van der Waals surface area contributed by atoms with Crippen LogP contribution in [0.3, 0.4) is 0 Å². The zero-order valence-electron chi connectivity index (χ0n) is 7.58. The first-order valence-corrected chi connectivity index (χ1v) is 6.43. The molecule has 1 amide bonds. The predicted molar refractivity (Wildman–Crippen MR) is 54.0 cm³/mol. The molecule has 1 N–H and O–H groups in total. The quantitative estimate of drug-likeness (QED) is 0.702. The maximum Gasteiger partial charge on any atom is 0.235 e. The van der Waals surface area contributed by atoms with Crippen LogP contribution in [0, 0.1) is 0 Å². The molecule has 0 radical (unpaired) electrons. The summed E-state index contributed by atoms with van der Waals surface area (Å²) in [6.45, 7) is 2.14. The van der Waals surface area contributed by atoms with E-state index in [0.29, 0.717) is 6.54 Å². The molecule has 13 heavy (non-hydrogen) atoms.